The van der Waals surface area contributed by atoms with Gasteiger partial charge in [0.05, 0.1) is 5.71 Å². The SMILES string of the molecule is CCC(=O)N1N=C(c2cccnc2)CC12C(=O)Nc1ccccc12. The molecule has 3 heterocycles. The van der Waals surface area contributed by atoms with Gasteiger partial charge in [-0.2, -0.15) is 5.10 Å². The molecule has 2 aromatic rings. The largest absolute Gasteiger partial charge is 0.323 e. The summed E-state index contributed by atoms with van der Waals surface area (Å²) in [6.45, 7) is 1.77. The van der Waals surface area contributed by atoms with E-state index in [1.165, 1.54) is 5.01 Å². The minimum Gasteiger partial charge on any atom is -0.323 e. The third-order valence-electron chi connectivity index (χ3n) is 4.54. The molecule has 4 rings (SSSR count). The zero-order chi connectivity index (χ0) is 16.7. The average molecular weight is 320 g/mol. The van der Waals surface area contributed by atoms with Crippen LogP contribution in [0.2, 0.25) is 0 Å². The first-order valence-corrected chi connectivity index (χ1v) is 7.88. The summed E-state index contributed by atoms with van der Waals surface area (Å²) in [5, 5.41) is 8.76. The Morgan fingerprint density at radius 3 is 2.88 bits per heavy atom. The molecule has 1 unspecified atom stereocenters. The average Bonchev–Trinajstić information content (AvgIpc) is 3.16. The number of rotatable bonds is 2. The number of nitrogens with zero attached hydrogens (tertiary/aromatic N) is 3. The molecule has 1 atom stereocenters. The number of para-hydroxylation sites is 1. The van der Waals surface area contributed by atoms with E-state index in [2.05, 4.69) is 15.4 Å². The molecular weight excluding hydrogens is 304 g/mol. The molecule has 0 fully saturated rings. The highest BCUT2D eigenvalue weighted by molar-refractivity contribution is 6.14. The van der Waals surface area contributed by atoms with Crippen molar-refractivity contribution < 1.29 is 9.59 Å². The number of hydrogen-bond acceptors (Lipinski definition) is 4. The summed E-state index contributed by atoms with van der Waals surface area (Å²) in [6, 6.07) is 11.2. The molecule has 6 nitrogen and oxygen atoms in total. The maximum absolute atomic E-state index is 12.9. The van der Waals surface area contributed by atoms with Crippen LogP contribution in [-0.2, 0) is 15.1 Å². The smallest absolute Gasteiger partial charge is 0.257 e. The molecule has 6 heteroatoms. The lowest BCUT2D eigenvalue weighted by atomic mass is 9.85. The van der Waals surface area contributed by atoms with Crippen molar-refractivity contribution in [3.05, 3.63) is 59.9 Å². The first-order valence-electron chi connectivity index (χ1n) is 7.88. The van der Waals surface area contributed by atoms with Crippen LogP contribution in [0.4, 0.5) is 5.69 Å². The van der Waals surface area contributed by atoms with Crippen LogP contribution < -0.4 is 5.32 Å². The normalized spacial score (nSPS) is 21.6. The van der Waals surface area contributed by atoms with Gasteiger partial charge in [0.15, 0.2) is 5.54 Å². The van der Waals surface area contributed by atoms with Crippen LogP contribution in [-0.4, -0.2) is 27.5 Å². The number of hydrogen-bond donors (Lipinski definition) is 1. The van der Waals surface area contributed by atoms with Crippen molar-refractivity contribution in [3.8, 4) is 0 Å². The number of fused-ring (bicyclic) bond motifs is 2. The van der Waals surface area contributed by atoms with E-state index in [0.29, 0.717) is 12.1 Å². The van der Waals surface area contributed by atoms with Crippen molar-refractivity contribution in [1.29, 1.82) is 0 Å². The van der Waals surface area contributed by atoms with Crippen LogP contribution in [0, 0.1) is 0 Å². The monoisotopic (exact) mass is 320 g/mol. The molecule has 1 N–H and O–H groups in total. The molecule has 120 valence electrons. The van der Waals surface area contributed by atoms with Crippen LogP contribution in [0.3, 0.4) is 0 Å². The quantitative estimate of drug-likeness (QED) is 0.922. The van der Waals surface area contributed by atoms with Crippen LogP contribution in [0.1, 0.15) is 30.9 Å². The second-order valence-electron chi connectivity index (χ2n) is 5.88. The fourth-order valence-electron chi connectivity index (χ4n) is 3.36. The third kappa shape index (κ3) is 1.89. The van der Waals surface area contributed by atoms with E-state index in [4.69, 9.17) is 0 Å². The second kappa shape index (κ2) is 5.26. The first kappa shape index (κ1) is 14.6. The van der Waals surface area contributed by atoms with E-state index in [0.717, 1.165) is 16.8 Å². The van der Waals surface area contributed by atoms with Gasteiger partial charge in [-0.1, -0.05) is 31.2 Å². The molecule has 24 heavy (non-hydrogen) atoms. The molecule has 2 aliphatic rings. The number of carbonyl (C=O) groups is 2. The lowest BCUT2D eigenvalue weighted by molar-refractivity contribution is -0.143. The molecule has 0 saturated carbocycles. The lowest BCUT2D eigenvalue weighted by Crippen LogP contribution is -2.48. The van der Waals surface area contributed by atoms with Crippen molar-refractivity contribution in [3.63, 3.8) is 0 Å². The maximum atomic E-state index is 12.9. The number of anilines is 1. The number of hydrazone groups is 1. The highest BCUT2D eigenvalue weighted by Crippen LogP contribution is 2.47. The molecular formula is C18H16N4O2. The lowest BCUT2D eigenvalue weighted by Gasteiger charge is -2.30. The van der Waals surface area contributed by atoms with Gasteiger partial charge in [-0.25, -0.2) is 5.01 Å². The molecule has 0 bridgehead atoms. The van der Waals surface area contributed by atoms with E-state index in [-0.39, 0.29) is 18.2 Å². The minimum atomic E-state index is -1.10. The number of nitrogens with one attached hydrogen (secondary N) is 1. The standard InChI is InChI=1S/C18H16N4O2/c1-2-16(23)22-18(10-15(21-22)12-6-5-9-19-11-12)13-7-3-4-8-14(13)20-17(18)24/h3-9,11H,2,10H2,1H3,(H,20,24). The van der Waals surface area contributed by atoms with Crippen molar-refractivity contribution in [2.24, 2.45) is 5.10 Å². The number of amides is 2. The summed E-state index contributed by atoms with van der Waals surface area (Å²) in [5.41, 5.74) is 1.94. The highest BCUT2D eigenvalue weighted by atomic mass is 16.2. The summed E-state index contributed by atoms with van der Waals surface area (Å²) in [6.07, 6.45) is 4.00. The van der Waals surface area contributed by atoms with Gasteiger partial charge in [0.2, 0.25) is 5.91 Å². The van der Waals surface area contributed by atoms with Gasteiger partial charge in [-0.15, -0.1) is 0 Å². The van der Waals surface area contributed by atoms with E-state index in [1.54, 1.807) is 19.3 Å². The molecule has 0 radical (unpaired) electrons. The van der Waals surface area contributed by atoms with E-state index in [9.17, 15) is 9.59 Å². The van der Waals surface area contributed by atoms with Gasteiger partial charge in [0, 0.05) is 42.0 Å². The van der Waals surface area contributed by atoms with E-state index < -0.39 is 5.54 Å². The number of benzene rings is 1. The fraction of sp³-hybridized carbons (Fsp3) is 0.222. The summed E-state index contributed by atoms with van der Waals surface area (Å²) in [7, 11) is 0. The summed E-state index contributed by atoms with van der Waals surface area (Å²) in [5.74, 6) is -0.395. The predicted octanol–water partition coefficient (Wildman–Crippen LogP) is 2.28. The molecule has 0 aliphatic carbocycles. The molecule has 0 saturated heterocycles. The van der Waals surface area contributed by atoms with Gasteiger partial charge in [-0.05, 0) is 12.1 Å². The second-order valence-corrected chi connectivity index (χ2v) is 5.88. The zero-order valence-electron chi connectivity index (χ0n) is 13.2. The molecule has 2 aliphatic heterocycles. The Bertz CT molecular complexity index is 862. The van der Waals surface area contributed by atoms with Crippen LogP contribution in [0.5, 0.6) is 0 Å². The van der Waals surface area contributed by atoms with Crippen LogP contribution in [0.15, 0.2) is 53.9 Å². The van der Waals surface area contributed by atoms with Crippen molar-refractivity contribution in [1.82, 2.24) is 9.99 Å². The van der Waals surface area contributed by atoms with Gasteiger partial charge < -0.3 is 5.32 Å². The summed E-state index contributed by atoms with van der Waals surface area (Å²) in [4.78, 5) is 29.5. The molecule has 1 aromatic carbocycles. The van der Waals surface area contributed by atoms with Crippen molar-refractivity contribution in [2.45, 2.75) is 25.3 Å². The van der Waals surface area contributed by atoms with Gasteiger partial charge in [0.25, 0.3) is 5.91 Å². The highest BCUT2D eigenvalue weighted by Gasteiger charge is 2.57. The van der Waals surface area contributed by atoms with Gasteiger partial charge >= 0.3 is 0 Å². The molecule has 1 spiro atoms. The first-order chi connectivity index (χ1) is 11.7. The van der Waals surface area contributed by atoms with Crippen LogP contribution in [0.25, 0.3) is 0 Å². The Kier molecular flexibility index (Phi) is 3.19. The minimum absolute atomic E-state index is 0.180. The Morgan fingerprint density at radius 1 is 1.29 bits per heavy atom. The van der Waals surface area contributed by atoms with Crippen molar-refractivity contribution >= 4 is 23.2 Å². The Labute approximate surface area is 139 Å². The molecule has 1 aromatic heterocycles. The van der Waals surface area contributed by atoms with Crippen molar-refractivity contribution in [2.75, 3.05) is 5.32 Å². The number of pyridine rings is 1. The summed E-state index contributed by atoms with van der Waals surface area (Å²) < 4.78 is 0. The Morgan fingerprint density at radius 2 is 2.12 bits per heavy atom. The Hall–Kier alpha value is -3.02. The van der Waals surface area contributed by atoms with E-state index >= 15 is 0 Å². The van der Waals surface area contributed by atoms with Gasteiger partial charge in [0.1, 0.15) is 0 Å². The maximum Gasteiger partial charge on any atom is 0.257 e. The number of aromatic nitrogens is 1. The zero-order valence-corrected chi connectivity index (χ0v) is 13.2. The number of carbonyl (C=O) groups excluding carboxylic acids is 2. The topological polar surface area (TPSA) is 74.7 Å². The van der Waals surface area contributed by atoms with E-state index in [1.807, 2.05) is 36.4 Å². The van der Waals surface area contributed by atoms with Crippen LogP contribution >= 0.6 is 0 Å². The molecule has 2 amide bonds. The fourth-order valence-corrected chi connectivity index (χ4v) is 3.36. The third-order valence-corrected chi connectivity index (χ3v) is 4.54. The van der Waals surface area contributed by atoms with Gasteiger partial charge in [-0.3, -0.25) is 14.6 Å². The predicted molar refractivity (Wildman–Crippen MR) is 89.3 cm³/mol. The summed E-state index contributed by atoms with van der Waals surface area (Å²) >= 11 is 0. The Balaban J connectivity index is 1.87.